The number of nitrogens with two attached hydrogens (primary N) is 1. The lowest BCUT2D eigenvalue weighted by Gasteiger charge is -2.13. The van der Waals surface area contributed by atoms with Crippen molar-refractivity contribution >= 4 is 40.5 Å². The zero-order chi connectivity index (χ0) is 11.7. The number of carbonyl (C=O) groups excluding carboxylic acids is 1. The zero-order valence-electron chi connectivity index (χ0n) is 8.28. The van der Waals surface area contributed by atoms with Crippen molar-refractivity contribution in [1.29, 1.82) is 0 Å². The number of hydrazone groups is 1. The molecule has 0 bridgehead atoms. The van der Waals surface area contributed by atoms with Crippen molar-refractivity contribution in [2.75, 3.05) is 11.6 Å². The molecule has 2 rings (SSSR count). The first-order chi connectivity index (χ1) is 7.61. The highest BCUT2D eigenvalue weighted by atomic mass is 35.5. The van der Waals surface area contributed by atoms with Crippen LogP contribution in [0.15, 0.2) is 23.3 Å². The van der Waals surface area contributed by atoms with Gasteiger partial charge in [0.1, 0.15) is 0 Å². The van der Waals surface area contributed by atoms with Gasteiger partial charge in [-0.1, -0.05) is 23.2 Å². The first-order valence-corrected chi connectivity index (χ1v) is 5.42. The fourth-order valence-corrected chi connectivity index (χ4v) is 1.92. The van der Waals surface area contributed by atoms with Crippen LogP contribution in [0.4, 0.5) is 5.69 Å². The van der Waals surface area contributed by atoms with Crippen LogP contribution in [-0.2, 0) is 4.79 Å². The minimum atomic E-state index is -0.135. The molecule has 0 fully saturated rings. The van der Waals surface area contributed by atoms with Crippen molar-refractivity contribution in [3.63, 3.8) is 0 Å². The van der Waals surface area contributed by atoms with E-state index in [4.69, 9.17) is 28.9 Å². The molecule has 16 heavy (non-hydrogen) atoms. The molecular weight excluding hydrogens is 249 g/mol. The van der Waals surface area contributed by atoms with Gasteiger partial charge < -0.3 is 5.73 Å². The van der Waals surface area contributed by atoms with Gasteiger partial charge >= 0.3 is 0 Å². The Hall–Kier alpha value is -1.10. The van der Waals surface area contributed by atoms with E-state index in [1.54, 1.807) is 18.2 Å². The maximum atomic E-state index is 11.6. The lowest BCUT2D eigenvalue weighted by atomic mass is 10.2. The zero-order valence-corrected chi connectivity index (χ0v) is 9.79. The molecular formula is C10H9Cl2N3O. The van der Waals surface area contributed by atoms with Gasteiger partial charge in [-0.25, -0.2) is 0 Å². The number of halogens is 2. The Morgan fingerprint density at radius 2 is 2.19 bits per heavy atom. The second kappa shape index (κ2) is 4.41. The van der Waals surface area contributed by atoms with Crippen LogP contribution in [0.1, 0.15) is 6.42 Å². The van der Waals surface area contributed by atoms with E-state index >= 15 is 0 Å². The molecule has 1 aliphatic rings. The summed E-state index contributed by atoms with van der Waals surface area (Å²) in [6, 6.07) is 4.89. The average Bonchev–Trinajstić information content (AvgIpc) is 2.60. The molecule has 0 saturated carbocycles. The molecule has 2 N–H and O–H groups in total. The molecule has 0 radical (unpaired) electrons. The largest absolute Gasteiger partial charge is 0.325 e. The molecule has 1 aromatic rings. The first kappa shape index (κ1) is 11.4. The third kappa shape index (κ3) is 2.04. The number of rotatable bonds is 2. The van der Waals surface area contributed by atoms with Gasteiger partial charge in [0.25, 0.3) is 5.91 Å². The fourth-order valence-electron chi connectivity index (χ4n) is 1.44. The monoisotopic (exact) mass is 257 g/mol. The van der Waals surface area contributed by atoms with Gasteiger partial charge in [-0.05, 0) is 18.2 Å². The smallest absolute Gasteiger partial charge is 0.253 e. The molecule has 4 nitrogen and oxygen atoms in total. The summed E-state index contributed by atoms with van der Waals surface area (Å²) < 4.78 is 0. The normalized spacial score (nSPS) is 15.6. The SMILES string of the molecule is NCC1=NN(c2ccc(Cl)cc2Cl)C(=O)C1. The van der Waals surface area contributed by atoms with Crippen molar-refractivity contribution in [3.8, 4) is 0 Å². The van der Waals surface area contributed by atoms with Gasteiger partial charge in [-0.2, -0.15) is 10.1 Å². The Balaban J connectivity index is 2.38. The van der Waals surface area contributed by atoms with Crippen LogP contribution in [0.5, 0.6) is 0 Å². The summed E-state index contributed by atoms with van der Waals surface area (Å²) in [6.45, 7) is 0.271. The molecule has 84 valence electrons. The van der Waals surface area contributed by atoms with Gasteiger partial charge in [-0.15, -0.1) is 0 Å². The molecule has 0 spiro atoms. The van der Waals surface area contributed by atoms with E-state index in [-0.39, 0.29) is 18.9 Å². The van der Waals surface area contributed by atoms with Crippen molar-refractivity contribution < 1.29 is 4.79 Å². The molecule has 0 aromatic heterocycles. The first-order valence-electron chi connectivity index (χ1n) is 4.66. The molecule has 0 saturated heterocycles. The van der Waals surface area contributed by atoms with Gasteiger partial charge in [0.05, 0.1) is 22.8 Å². The van der Waals surface area contributed by atoms with E-state index in [9.17, 15) is 4.79 Å². The minimum absolute atomic E-state index is 0.135. The van der Waals surface area contributed by atoms with Crippen molar-refractivity contribution in [2.45, 2.75) is 6.42 Å². The minimum Gasteiger partial charge on any atom is -0.325 e. The third-order valence-corrected chi connectivity index (χ3v) is 2.74. The lowest BCUT2D eigenvalue weighted by molar-refractivity contribution is -0.116. The topological polar surface area (TPSA) is 58.7 Å². The standard InChI is InChI=1S/C10H9Cl2N3O/c11-6-1-2-9(8(12)3-6)15-10(16)4-7(5-13)14-15/h1-3H,4-5,13H2. The number of benzene rings is 1. The predicted octanol–water partition coefficient (Wildman–Crippen LogP) is 2.04. The highest BCUT2D eigenvalue weighted by Gasteiger charge is 2.25. The second-order valence-corrected chi connectivity index (χ2v) is 4.19. The molecule has 1 aromatic carbocycles. The Bertz CT molecular complexity index is 473. The van der Waals surface area contributed by atoms with Gasteiger partial charge in [-0.3, -0.25) is 4.79 Å². The van der Waals surface area contributed by atoms with Crippen LogP contribution in [0, 0.1) is 0 Å². The van der Waals surface area contributed by atoms with Crippen LogP contribution in [0.25, 0.3) is 0 Å². The van der Waals surface area contributed by atoms with E-state index in [0.29, 0.717) is 21.4 Å². The van der Waals surface area contributed by atoms with Gasteiger partial charge in [0.15, 0.2) is 0 Å². The summed E-state index contributed by atoms with van der Waals surface area (Å²) in [5.41, 5.74) is 6.61. The van der Waals surface area contributed by atoms with Crippen molar-refractivity contribution in [2.24, 2.45) is 10.8 Å². The summed E-state index contributed by atoms with van der Waals surface area (Å²) in [5, 5.41) is 6.27. The van der Waals surface area contributed by atoms with Crippen LogP contribution in [0.3, 0.4) is 0 Å². The molecule has 0 aliphatic carbocycles. The fraction of sp³-hybridized carbons (Fsp3) is 0.200. The van der Waals surface area contributed by atoms with E-state index in [0.717, 1.165) is 0 Å². The molecule has 1 amide bonds. The Morgan fingerprint density at radius 3 is 2.75 bits per heavy atom. The summed E-state index contributed by atoms with van der Waals surface area (Å²) in [5.74, 6) is -0.135. The maximum absolute atomic E-state index is 11.6. The van der Waals surface area contributed by atoms with E-state index in [1.165, 1.54) is 5.01 Å². The van der Waals surface area contributed by atoms with Crippen molar-refractivity contribution in [3.05, 3.63) is 28.2 Å². The van der Waals surface area contributed by atoms with E-state index < -0.39 is 0 Å². The Morgan fingerprint density at radius 1 is 1.44 bits per heavy atom. The maximum Gasteiger partial charge on any atom is 0.253 e. The Kier molecular flexibility index (Phi) is 3.14. The number of carbonyl (C=O) groups is 1. The highest BCUT2D eigenvalue weighted by molar-refractivity contribution is 6.37. The van der Waals surface area contributed by atoms with Gasteiger partial charge in [0, 0.05) is 11.6 Å². The summed E-state index contributed by atoms with van der Waals surface area (Å²) >= 11 is 11.8. The average molecular weight is 258 g/mol. The van der Waals surface area contributed by atoms with Crippen LogP contribution >= 0.6 is 23.2 Å². The third-order valence-electron chi connectivity index (χ3n) is 2.21. The number of amides is 1. The van der Waals surface area contributed by atoms with E-state index in [2.05, 4.69) is 5.10 Å². The predicted molar refractivity (Wildman–Crippen MR) is 65.1 cm³/mol. The number of hydrogen-bond donors (Lipinski definition) is 1. The lowest BCUT2D eigenvalue weighted by Crippen LogP contribution is -2.19. The number of nitrogens with zero attached hydrogens (tertiary/aromatic N) is 2. The number of hydrogen-bond acceptors (Lipinski definition) is 3. The van der Waals surface area contributed by atoms with Crippen molar-refractivity contribution in [1.82, 2.24) is 0 Å². The summed E-state index contributed by atoms with van der Waals surface area (Å²) in [4.78, 5) is 11.6. The summed E-state index contributed by atoms with van der Waals surface area (Å²) in [6.07, 6.45) is 0.245. The van der Waals surface area contributed by atoms with Gasteiger partial charge in [0.2, 0.25) is 0 Å². The molecule has 1 aliphatic heterocycles. The molecule has 0 unspecified atom stereocenters. The second-order valence-electron chi connectivity index (χ2n) is 3.35. The molecule has 0 atom stereocenters. The summed E-state index contributed by atoms with van der Waals surface area (Å²) in [7, 11) is 0. The number of anilines is 1. The molecule has 6 heteroatoms. The Labute approximate surface area is 103 Å². The quantitative estimate of drug-likeness (QED) is 0.882. The van der Waals surface area contributed by atoms with Crippen LogP contribution in [0.2, 0.25) is 10.0 Å². The molecule has 1 heterocycles. The van der Waals surface area contributed by atoms with E-state index in [1.807, 2.05) is 0 Å². The van der Waals surface area contributed by atoms with Crippen LogP contribution in [-0.4, -0.2) is 18.2 Å². The highest BCUT2D eigenvalue weighted by Crippen LogP contribution is 2.31. The van der Waals surface area contributed by atoms with Crippen LogP contribution < -0.4 is 10.7 Å².